The number of nitrogens with two attached hydrogens (primary N) is 1. The van der Waals surface area contributed by atoms with Gasteiger partial charge < -0.3 is 21.1 Å². The van der Waals surface area contributed by atoms with Gasteiger partial charge in [-0.15, -0.1) is 0 Å². The Bertz CT molecular complexity index is 380. The Morgan fingerprint density at radius 3 is 2.88 bits per heavy atom. The smallest absolute Gasteiger partial charge is 0.321 e. The van der Waals surface area contributed by atoms with Gasteiger partial charge in [0.2, 0.25) is 0 Å². The van der Waals surface area contributed by atoms with Crippen molar-refractivity contribution < 1.29 is 9.90 Å². The Kier molecular flexibility index (Phi) is 4.78. The van der Waals surface area contributed by atoms with E-state index in [-0.39, 0.29) is 6.03 Å². The lowest BCUT2D eigenvalue weighted by molar-refractivity contribution is 0.167. The Hall–Kier alpha value is -1.75. The normalized spacial score (nSPS) is 11.9. The molecule has 1 aromatic rings. The summed E-state index contributed by atoms with van der Waals surface area (Å²) < 4.78 is 0. The van der Waals surface area contributed by atoms with E-state index in [9.17, 15) is 4.79 Å². The van der Waals surface area contributed by atoms with Crippen LogP contribution in [0.4, 0.5) is 16.2 Å². The quantitative estimate of drug-likeness (QED) is 0.694. The second-order valence-electron chi connectivity index (χ2n) is 4.11. The van der Waals surface area contributed by atoms with E-state index in [1.54, 1.807) is 38.2 Å². The number of rotatable bonds is 4. The summed E-state index contributed by atoms with van der Waals surface area (Å²) in [4.78, 5) is 13.3. The molecule has 0 spiro atoms. The Morgan fingerprint density at radius 1 is 1.59 bits per heavy atom. The number of hydrogen-bond donors (Lipinski definition) is 3. The zero-order chi connectivity index (χ0) is 12.8. The van der Waals surface area contributed by atoms with E-state index in [1.807, 2.05) is 0 Å². The molecule has 94 valence electrons. The summed E-state index contributed by atoms with van der Waals surface area (Å²) in [5.41, 5.74) is 6.88. The highest BCUT2D eigenvalue weighted by atomic mass is 16.3. The van der Waals surface area contributed by atoms with Crippen molar-refractivity contribution in [2.45, 2.75) is 19.4 Å². The van der Waals surface area contributed by atoms with Crippen LogP contribution in [-0.2, 0) is 0 Å². The molecule has 1 atom stereocenters. The average Bonchev–Trinajstić information content (AvgIpc) is 2.25. The fourth-order valence-electron chi connectivity index (χ4n) is 1.32. The molecular formula is C12H19N3O2. The minimum Gasteiger partial charge on any atom is -0.399 e. The highest BCUT2D eigenvalue weighted by molar-refractivity contribution is 5.89. The first kappa shape index (κ1) is 13.3. The third-order valence-corrected chi connectivity index (χ3v) is 2.37. The summed E-state index contributed by atoms with van der Waals surface area (Å²) in [5.74, 6) is 0. The monoisotopic (exact) mass is 237 g/mol. The van der Waals surface area contributed by atoms with E-state index in [4.69, 9.17) is 10.8 Å². The van der Waals surface area contributed by atoms with Crippen molar-refractivity contribution >= 4 is 17.4 Å². The lowest BCUT2D eigenvalue weighted by atomic mass is 10.3. The minimum atomic E-state index is -0.405. The molecular weight excluding hydrogens is 218 g/mol. The zero-order valence-corrected chi connectivity index (χ0v) is 10.2. The van der Waals surface area contributed by atoms with Crippen molar-refractivity contribution in [2.24, 2.45) is 0 Å². The fourth-order valence-corrected chi connectivity index (χ4v) is 1.32. The van der Waals surface area contributed by atoms with Gasteiger partial charge in [0.05, 0.1) is 6.10 Å². The molecule has 5 nitrogen and oxygen atoms in total. The first-order chi connectivity index (χ1) is 7.99. The van der Waals surface area contributed by atoms with Crippen LogP contribution in [0, 0.1) is 0 Å². The highest BCUT2D eigenvalue weighted by Crippen LogP contribution is 2.12. The molecule has 1 aromatic carbocycles. The van der Waals surface area contributed by atoms with Crippen molar-refractivity contribution in [1.29, 1.82) is 0 Å². The zero-order valence-electron chi connectivity index (χ0n) is 10.2. The topological polar surface area (TPSA) is 78.6 Å². The molecule has 1 rings (SSSR count). The van der Waals surface area contributed by atoms with Gasteiger partial charge in [0, 0.05) is 25.0 Å². The highest BCUT2D eigenvalue weighted by Gasteiger charge is 2.09. The summed E-state index contributed by atoms with van der Waals surface area (Å²) >= 11 is 0. The first-order valence-electron chi connectivity index (χ1n) is 5.55. The molecule has 0 radical (unpaired) electrons. The van der Waals surface area contributed by atoms with Crippen LogP contribution in [0.15, 0.2) is 24.3 Å². The molecule has 4 N–H and O–H groups in total. The summed E-state index contributed by atoms with van der Waals surface area (Å²) in [6, 6.07) is 6.79. The average molecular weight is 237 g/mol. The second-order valence-corrected chi connectivity index (χ2v) is 4.11. The van der Waals surface area contributed by atoms with E-state index in [0.29, 0.717) is 24.3 Å². The number of nitrogens with one attached hydrogen (secondary N) is 1. The Morgan fingerprint density at radius 2 is 2.29 bits per heavy atom. The molecule has 2 amide bonds. The third kappa shape index (κ3) is 4.74. The molecule has 0 saturated carbocycles. The van der Waals surface area contributed by atoms with Gasteiger partial charge in [-0.1, -0.05) is 6.07 Å². The van der Waals surface area contributed by atoms with Gasteiger partial charge in [0.1, 0.15) is 0 Å². The van der Waals surface area contributed by atoms with E-state index in [1.165, 1.54) is 4.90 Å². The van der Waals surface area contributed by atoms with Crippen LogP contribution in [0.3, 0.4) is 0 Å². The van der Waals surface area contributed by atoms with Gasteiger partial charge in [0.25, 0.3) is 0 Å². The van der Waals surface area contributed by atoms with E-state index >= 15 is 0 Å². The van der Waals surface area contributed by atoms with Crippen LogP contribution in [0.5, 0.6) is 0 Å². The Labute approximate surface area is 101 Å². The number of urea groups is 1. The summed E-state index contributed by atoms with van der Waals surface area (Å²) in [7, 11) is 1.68. The van der Waals surface area contributed by atoms with Crippen molar-refractivity contribution in [3.05, 3.63) is 24.3 Å². The maximum absolute atomic E-state index is 11.7. The fraction of sp³-hybridized carbons (Fsp3) is 0.417. The first-order valence-corrected chi connectivity index (χ1v) is 5.55. The van der Waals surface area contributed by atoms with Crippen LogP contribution in [-0.4, -0.2) is 35.7 Å². The lowest BCUT2D eigenvalue weighted by Gasteiger charge is -2.18. The number of carbonyl (C=O) groups excluding carboxylic acids is 1. The molecule has 0 aliphatic heterocycles. The van der Waals surface area contributed by atoms with Crippen LogP contribution >= 0.6 is 0 Å². The van der Waals surface area contributed by atoms with Gasteiger partial charge in [0.15, 0.2) is 0 Å². The molecule has 0 saturated heterocycles. The molecule has 17 heavy (non-hydrogen) atoms. The lowest BCUT2D eigenvalue weighted by Crippen LogP contribution is -2.33. The number of carbonyl (C=O) groups is 1. The molecule has 0 aromatic heterocycles. The summed E-state index contributed by atoms with van der Waals surface area (Å²) in [6.07, 6.45) is 0.151. The summed E-state index contributed by atoms with van der Waals surface area (Å²) in [6.45, 7) is 2.20. The van der Waals surface area contributed by atoms with E-state index in [2.05, 4.69) is 5.32 Å². The van der Waals surface area contributed by atoms with Gasteiger partial charge in [-0.05, 0) is 31.5 Å². The summed E-state index contributed by atoms with van der Waals surface area (Å²) in [5, 5.41) is 11.9. The number of nitrogens with zero attached hydrogens (tertiary/aromatic N) is 1. The molecule has 0 heterocycles. The standard InChI is InChI=1S/C12H19N3O2/c1-9(16)6-7-15(2)12(17)14-11-5-3-4-10(13)8-11/h3-5,8-9,16H,6-7,13H2,1-2H3,(H,14,17). The number of nitrogen functional groups attached to an aromatic ring is 1. The van der Waals surface area contributed by atoms with Gasteiger partial charge in [-0.3, -0.25) is 0 Å². The Balaban J connectivity index is 2.48. The molecule has 0 aliphatic carbocycles. The molecule has 1 unspecified atom stereocenters. The van der Waals surface area contributed by atoms with Crippen LogP contribution in [0.2, 0.25) is 0 Å². The van der Waals surface area contributed by atoms with E-state index in [0.717, 1.165) is 0 Å². The molecule has 0 bridgehead atoms. The molecule has 0 aliphatic rings. The van der Waals surface area contributed by atoms with E-state index < -0.39 is 6.10 Å². The number of aliphatic hydroxyl groups is 1. The number of anilines is 2. The van der Waals surface area contributed by atoms with Gasteiger partial charge in [-0.25, -0.2) is 4.79 Å². The maximum atomic E-state index is 11.7. The van der Waals surface area contributed by atoms with Crippen LogP contribution in [0.1, 0.15) is 13.3 Å². The third-order valence-electron chi connectivity index (χ3n) is 2.37. The van der Waals surface area contributed by atoms with Gasteiger partial charge in [-0.2, -0.15) is 0 Å². The predicted molar refractivity (Wildman–Crippen MR) is 68.8 cm³/mol. The maximum Gasteiger partial charge on any atom is 0.321 e. The van der Waals surface area contributed by atoms with Gasteiger partial charge >= 0.3 is 6.03 Å². The van der Waals surface area contributed by atoms with Crippen molar-refractivity contribution in [3.8, 4) is 0 Å². The molecule has 5 heteroatoms. The van der Waals surface area contributed by atoms with Crippen molar-refractivity contribution in [2.75, 3.05) is 24.6 Å². The number of hydrogen-bond acceptors (Lipinski definition) is 3. The van der Waals surface area contributed by atoms with Crippen LogP contribution < -0.4 is 11.1 Å². The largest absolute Gasteiger partial charge is 0.399 e. The van der Waals surface area contributed by atoms with Crippen molar-refractivity contribution in [3.63, 3.8) is 0 Å². The second kappa shape index (κ2) is 6.10. The predicted octanol–water partition coefficient (Wildman–Crippen LogP) is 1.50. The van der Waals surface area contributed by atoms with Crippen molar-refractivity contribution in [1.82, 2.24) is 4.90 Å². The number of amides is 2. The van der Waals surface area contributed by atoms with Crippen LogP contribution in [0.25, 0.3) is 0 Å². The SMILES string of the molecule is CC(O)CCN(C)C(=O)Nc1cccc(N)c1. The number of aliphatic hydroxyl groups excluding tert-OH is 1. The number of benzene rings is 1. The molecule has 0 fully saturated rings. The minimum absolute atomic E-state index is 0.212.